The van der Waals surface area contributed by atoms with Gasteiger partial charge >= 0.3 is 6.03 Å². The Labute approximate surface area is 128 Å². The lowest BCUT2D eigenvalue weighted by Crippen LogP contribution is -2.43. The number of nitrogens with one attached hydrogen (secondary N) is 1. The number of carbonyl (C=O) groups excluding carboxylic acids is 1. The van der Waals surface area contributed by atoms with Crippen molar-refractivity contribution in [2.24, 2.45) is 0 Å². The van der Waals surface area contributed by atoms with Crippen LogP contribution >= 0.6 is 0 Å². The van der Waals surface area contributed by atoms with Crippen molar-refractivity contribution in [1.82, 2.24) is 4.31 Å². The van der Waals surface area contributed by atoms with Gasteiger partial charge in [-0.05, 0) is 18.2 Å². The second kappa shape index (κ2) is 5.34. The van der Waals surface area contributed by atoms with E-state index in [1.54, 1.807) is 42.5 Å². The van der Waals surface area contributed by atoms with Gasteiger partial charge in [0.2, 0.25) is 0 Å². The molecule has 1 aliphatic rings. The van der Waals surface area contributed by atoms with Crippen LogP contribution in [0.25, 0.3) is 0 Å². The standard InChI is InChI=1S/C15H14N2O4S/c1-21-13-8-4-2-6-11(13)10-17-15(18)16-12-7-3-5-9-14(12)22(17,19)20/h2-9H,10H2,1H3,(H,16,18). The monoisotopic (exact) mass is 318 g/mol. The van der Waals surface area contributed by atoms with Crippen LogP contribution in [0.4, 0.5) is 10.5 Å². The van der Waals surface area contributed by atoms with Gasteiger partial charge < -0.3 is 10.1 Å². The number of carbonyl (C=O) groups is 1. The fraction of sp³-hybridized carbons (Fsp3) is 0.133. The maximum Gasteiger partial charge on any atom is 0.336 e. The fourth-order valence-electron chi connectivity index (χ4n) is 2.35. The molecule has 2 amide bonds. The number of sulfonamides is 1. The average molecular weight is 318 g/mol. The summed E-state index contributed by atoms with van der Waals surface area (Å²) in [5, 5.41) is 2.59. The van der Waals surface area contributed by atoms with Crippen LogP contribution < -0.4 is 10.1 Å². The highest BCUT2D eigenvalue weighted by atomic mass is 32.2. The number of rotatable bonds is 3. The summed E-state index contributed by atoms with van der Waals surface area (Å²) < 4.78 is 31.3. The van der Waals surface area contributed by atoms with Crippen molar-refractivity contribution in [3.8, 4) is 5.75 Å². The number of hydrogen-bond donors (Lipinski definition) is 1. The molecule has 0 atom stereocenters. The van der Waals surface area contributed by atoms with Crippen LogP contribution in [0.5, 0.6) is 5.75 Å². The van der Waals surface area contributed by atoms with E-state index in [2.05, 4.69) is 5.32 Å². The van der Waals surface area contributed by atoms with Crippen LogP contribution in [0.2, 0.25) is 0 Å². The number of hydrogen-bond acceptors (Lipinski definition) is 4. The summed E-state index contributed by atoms with van der Waals surface area (Å²) in [4.78, 5) is 12.3. The van der Waals surface area contributed by atoms with E-state index in [0.717, 1.165) is 4.31 Å². The molecule has 2 aromatic carbocycles. The molecule has 7 heteroatoms. The molecule has 114 valence electrons. The van der Waals surface area contributed by atoms with Crippen molar-refractivity contribution in [3.63, 3.8) is 0 Å². The first-order valence-corrected chi connectivity index (χ1v) is 8.02. The molecule has 0 saturated carbocycles. The molecule has 1 aliphatic heterocycles. The number of fused-ring (bicyclic) bond motifs is 1. The Morgan fingerprint density at radius 2 is 1.77 bits per heavy atom. The molecule has 0 spiro atoms. The molecule has 0 radical (unpaired) electrons. The quantitative estimate of drug-likeness (QED) is 0.943. The fourth-order valence-corrected chi connectivity index (χ4v) is 3.80. The summed E-state index contributed by atoms with van der Waals surface area (Å²) in [5.74, 6) is 0.532. The maximum atomic E-state index is 12.6. The molecule has 1 N–H and O–H groups in total. The zero-order valence-corrected chi connectivity index (χ0v) is 12.6. The number of para-hydroxylation sites is 2. The van der Waals surface area contributed by atoms with Gasteiger partial charge in [-0.3, -0.25) is 0 Å². The number of amides is 2. The summed E-state index contributed by atoms with van der Waals surface area (Å²) in [5.41, 5.74) is 0.909. The third-order valence-electron chi connectivity index (χ3n) is 3.43. The van der Waals surface area contributed by atoms with Crippen LogP contribution in [0.3, 0.4) is 0 Å². The number of nitrogens with zero attached hydrogens (tertiary/aromatic N) is 1. The van der Waals surface area contributed by atoms with Gasteiger partial charge in [0.25, 0.3) is 10.0 Å². The first-order valence-electron chi connectivity index (χ1n) is 6.58. The third kappa shape index (κ3) is 2.29. The molecule has 6 nitrogen and oxygen atoms in total. The smallest absolute Gasteiger partial charge is 0.336 e. The molecular weight excluding hydrogens is 304 g/mol. The Balaban J connectivity index is 2.03. The van der Waals surface area contributed by atoms with Crippen molar-refractivity contribution >= 4 is 21.7 Å². The summed E-state index contributed by atoms with van der Waals surface area (Å²) >= 11 is 0. The molecule has 0 unspecified atom stereocenters. The Hall–Kier alpha value is -2.54. The van der Waals surface area contributed by atoms with Gasteiger partial charge in [-0.1, -0.05) is 30.3 Å². The predicted octanol–water partition coefficient (Wildman–Crippen LogP) is 2.43. The first kappa shape index (κ1) is 14.4. The van der Waals surface area contributed by atoms with Gasteiger partial charge in [0.15, 0.2) is 0 Å². The van der Waals surface area contributed by atoms with Crippen molar-refractivity contribution < 1.29 is 17.9 Å². The molecule has 0 fully saturated rings. The Morgan fingerprint density at radius 3 is 2.55 bits per heavy atom. The number of methoxy groups -OCH3 is 1. The number of urea groups is 1. The van der Waals surface area contributed by atoms with E-state index in [9.17, 15) is 13.2 Å². The van der Waals surface area contributed by atoms with E-state index in [4.69, 9.17) is 4.74 Å². The topological polar surface area (TPSA) is 75.7 Å². The third-order valence-corrected chi connectivity index (χ3v) is 5.22. The summed E-state index contributed by atoms with van der Waals surface area (Å²) in [6.07, 6.45) is 0. The van der Waals surface area contributed by atoms with E-state index >= 15 is 0 Å². The van der Waals surface area contributed by atoms with Gasteiger partial charge in [-0.2, -0.15) is 0 Å². The normalized spacial score (nSPS) is 15.9. The second-order valence-corrected chi connectivity index (χ2v) is 6.58. The van der Waals surface area contributed by atoms with E-state index in [0.29, 0.717) is 17.0 Å². The molecule has 0 saturated heterocycles. The molecule has 3 rings (SSSR count). The number of benzene rings is 2. The minimum Gasteiger partial charge on any atom is -0.496 e. The van der Waals surface area contributed by atoms with E-state index in [-0.39, 0.29) is 11.4 Å². The Bertz CT molecular complexity index is 833. The highest BCUT2D eigenvalue weighted by molar-refractivity contribution is 7.90. The number of anilines is 1. The van der Waals surface area contributed by atoms with E-state index < -0.39 is 16.1 Å². The highest BCUT2D eigenvalue weighted by Gasteiger charge is 2.36. The van der Waals surface area contributed by atoms with Crippen molar-refractivity contribution in [2.75, 3.05) is 12.4 Å². The minimum atomic E-state index is -3.89. The Kier molecular flexibility index (Phi) is 3.50. The van der Waals surface area contributed by atoms with Crippen LogP contribution in [-0.4, -0.2) is 25.9 Å². The second-order valence-electron chi connectivity index (χ2n) is 4.75. The van der Waals surface area contributed by atoms with Gasteiger partial charge in [0, 0.05) is 5.56 Å². The molecule has 2 aromatic rings. The van der Waals surface area contributed by atoms with E-state index in [1.807, 2.05) is 0 Å². The van der Waals surface area contributed by atoms with Crippen LogP contribution in [0.15, 0.2) is 53.4 Å². The predicted molar refractivity (Wildman–Crippen MR) is 81.2 cm³/mol. The summed E-state index contributed by atoms with van der Waals surface area (Å²) in [6.45, 7) is -0.0908. The van der Waals surface area contributed by atoms with Gasteiger partial charge in [-0.25, -0.2) is 17.5 Å². The average Bonchev–Trinajstić information content (AvgIpc) is 2.52. The molecule has 0 aromatic heterocycles. The van der Waals surface area contributed by atoms with Gasteiger partial charge in [0.05, 0.1) is 19.3 Å². The van der Waals surface area contributed by atoms with Crippen molar-refractivity contribution in [3.05, 3.63) is 54.1 Å². The van der Waals surface area contributed by atoms with Crippen molar-refractivity contribution in [1.29, 1.82) is 0 Å². The molecule has 0 bridgehead atoms. The molecule has 22 heavy (non-hydrogen) atoms. The first-order chi connectivity index (χ1) is 10.5. The number of ether oxygens (including phenoxy) is 1. The van der Waals surface area contributed by atoms with Gasteiger partial charge in [0.1, 0.15) is 10.6 Å². The van der Waals surface area contributed by atoms with Crippen LogP contribution in [0.1, 0.15) is 5.56 Å². The van der Waals surface area contributed by atoms with Crippen LogP contribution in [0, 0.1) is 0 Å². The van der Waals surface area contributed by atoms with Crippen molar-refractivity contribution in [2.45, 2.75) is 11.4 Å². The SMILES string of the molecule is COc1ccccc1CN1C(=O)Nc2ccccc2S1(=O)=O. The molecular formula is C15H14N2O4S. The molecule has 0 aliphatic carbocycles. The van der Waals surface area contributed by atoms with E-state index in [1.165, 1.54) is 13.2 Å². The van der Waals surface area contributed by atoms with Crippen LogP contribution in [-0.2, 0) is 16.6 Å². The van der Waals surface area contributed by atoms with Gasteiger partial charge in [-0.15, -0.1) is 0 Å². The largest absolute Gasteiger partial charge is 0.496 e. The summed E-state index contributed by atoms with van der Waals surface area (Å²) in [6, 6.07) is 12.6. The Morgan fingerprint density at radius 1 is 1.09 bits per heavy atom. The zero-order chi connectivity index (χ0) is 15.7. The summed E-state index contributed by atoms with van der Waals surface area (Å²) in [7, 11) is -2.39. The zero-order valence-electron chi connectivity index (χ0n) is 11.8. The highest BCUT2D eigenvalue weighted by Crippen LogP contribution is 2.31. The lowest BCUT2D eigenvalue weighted by Gasteiger charge is -2.29. The molecule has 1 heterocycles. The maximum absolute atomic E-state index is 12.6. The minimum absolute atomic E-state index is 0.0875. The lowest BCUT2D eigenvalue weighted by molar-refractivity contribution is 0.233. The lowest BCUT2D eigenvalue weighted by atomic mass is 10.2.